The number of alkyl halides is 6. The first kappa shape index (κ1) is 31.0. The first-order valence-corrected chi connectivity index (χ1v) is 11.0. The van der Waals surface area contributed by atoms with Crippen molar-refractivity contribution in [2.45, 2.75) is 25.4 Å². The van der Waals surface area contributed by atoms with E-state index in [0.29, 0.717) is 17.7 Å². The molecule has 0 aliphatic rings. The number of carboxylic acids is 1. The summed E-state index contributed by atoms with van der Waals surface area (Å²) in [5.41, 5.74) is -3.47. The number of rotatable bonds is 12. The molecule has 2 rings (SSSR count). The van der Waals surface area contributed by atoms with E-state index < -0.39 is 47.5 Å². The standard InChI is InChI=1S/C25H22F6N2O6/c1-37-21-11-15(10-17(13-32)23(36)33-7-9-38-8-6-22(34)35)2-5-20(21)39-14-16-3-4-18(24(26,27)28)12-19(16)25(29,30)31/h2-5,10-12H,6-9,14H2,1H3,(H,33,36)(H,34,35). The van der Waals surface area contributed by atoms with Gasteiger partial charge in [0.1, 0.15) is 18.2 Å². The summed E-state index contributed by atoms with van der Waals surface area (Å²) in [7, 11) is 1.23. The third-order valence-electron chi connectivity index (χ3n) is 4.98. The Morgan fingerprint density at radius 2 is 1.74 bits per heavy atom. The molecule has 1 amide bonds. The summed E-state index contributed by atoms with van der Waals surface area (Å²) < 4.78 is 94.4. The monoisotopic (exact) mass is 560 g/mol. The molecule has 0 aliphatic carbocycles. The number of carboxylic acid groups (broad SMARTS) is 1. The van der Waals surface area contributed by atoms with E-state index in [1.807, 2.05) is 0 Å². The van der Waals surface area contributed by atoms with E-state index in [0.717, 1.165) is 0 Å². The molecule has 2 aromatic carbocycles. The van der Waals surface area contributed by atoms with Gasteiger partial charge >= 0.3 is 18.3 Å². The third-order valence-corrected chi connectivity index (χ3v) is 4.98. The highest BCUT2D eigenvalue weighted by Gasteiger charge is 2.38. The van der Waals surface area contributed by atoms with Crippen LogP contribution in [0.5, 0.6) is 11.5 Å². The van der Waals surface area contributed by atoms with Gasteiger partial charge in [-0.3, -0.25) is 9.59 Å². The van der Waals surface area contributed by atoms with Crippen molar-refractivity contribution in [2.75, 3.05) is 26.9 Å². The number of nitrogens with one attached hydrogen (secondary N) is 1. The fourth-order valence-electron chi connectivity index (χ4n) is 3.10. The molecule has 0 saturated carbocycles. The number of nitriles is 1. The second kappa shape index (κ2) is 13.5. The van der Waals surface area contributed by atoms with Gasteiger partial charge in [0.2, 0.25) is 0 Å². The molecule has 2 aromatic rings. The quantitative estimate of drug-likeness (QED) is 0.165. The molecular formula is C25H22F6N2O6. The van der Waals surface area contributed by atoms with Crippen molar-refractivity contribution < 1.29 is 55.2 Å². The number of ether oxygens (including phenoxy) is 3. The minimum Gasteiger partial charge on any atom is -0.493 e. The molecule has 0 spiro atoms. The van der Waals surface area contributed by atoms with Crippen LogP contribution in [-0.2, 0) is 33.3 Å². The normalized spacial score (nSPS) is 12.0. The fourth-order valence-corrected chi connectivity index (χ4v) is 3.10. The van der Waals surface area contributed by atoms with Crippen LogP contribution in [0, 0.1) is 11.3 Å². The van der Waals surface area contributed by atoms with Gasteiger partial charge in [-0.1, -0.05) is 12.1 Å². The molecule has 14 heteroatoms. The Labute approximate surface area is 218 Å². The van der Waals surface area contributed by atoms with Crippen molar-refractivity contribution in [1.29, 1.82) is 5.26 Å². The van der Waals surface area contributed by atoms with Crippen molar-refractivity contribution >= 4 is 18.0 Å². The van der Waals surface area contributed by atoms with Gasteiger partial charge in [0.15, 0.2) is 11.5 Å². The molecule has 0 aromatic heterocycles. The van der Waals surface area contributed by atoms with Gasteiger partial charge in [0, 0.05) is 12.1 Å². The van der Waals surface area contributed by atoms with Crippen LogP contribution in [0.4, 0.5) is 26.3 Å². The first-order valence-electron chi connectivity index (χ1n) is 11.0. The number of benzene rings is 2. The molecule has 2 N–H and O–H groups in total. The van der Waals surface area contributed by atoms with Gasteiger partial charge < -0.3 is 24.6 Å². The Morgan fingerprint density at radius 1 is 1.03 bits per heavy atom. The molecule has 0 unspecified atom stereocenters. The van der Waals surface area contributed by atoms with Gasteiger partial charge in [-0.15, -0.1) is 0 Å². The van der Waals surface area contributed by atoms with Crippen LogP contribution >= 0.6 is 0 Å². The van der Waals surface area contributed by atoms with E-state index in [2.05, 4.69) is 5.32 Å². The first-order chi connectivity index (χ1) is 18.3. The van der Waals surface area contributed by atoms with Crippen LogP contribution in [-0.4, -0.2) is 43.9 Å². The summed E-state index contributed by atoms with van der Waals surface area (Å²) in [5, 5.41) is 20.3. The average Bonchev–Trinajstić information content (AvgIpc) is 2.86. The highest BCUT2D eigenvalue weighted by atomic mass is 19.4. The van der Waals surface area contributed by atoms with E-state index in [4.69, 9.17) is 19.3 Å². The topological polar surface area (TPSA) is 118 Å². The van der Waals surface area contributed by atoms with Gasteiger partial charge in [-0.25, -0.2) is 0 Å². The van der Waals surface area contributed by atoms with Crippen molar-refractivity contribution in [3.8, 4) is 17.6 Å². The lowest BCUT2D eigenvalue weighted by Gasteiger charge is -2.17. The van der Waals surface area contributed by atoms with Gasteiger partial charge in [0.05, 0.1) is 37.9 Å². The summed E-state index contributed by atoms with van der Waals surface area (Å²) in [5.74, 6) is -1.79. The fraction of sp³-hybridized carbons (Fsp3) is 0.320. The van der Waals surface area contributed by atoms with Gasteiger partial charge in [0.25, 0.3) is 5.91 Å². The predicted octanol–water partition coefficient (Wildman–Crippen LogP) is 4.83. The SMILES string of the molecule is COc1cc(C=C(C#N)C(=O)NCCOCCC(=O)O)ccc1OCc1ccc(C(F)(F)F)cc1C(F)(F)F. The largest absolute Gasteiger partial charge is 0.493 e. The van der Waals surface area contributed by atoms with Crippen LogP contribution in [0.25, 0.3) is 6.08 Å². The minimum absolute atomic E-state index is 0.0113. The molecule has 39 heavy (non-hydrogen) atoms. The van der Waals surface area contributed by atoms with Crippen LogP contribution in [0.2, 0.25) is 0 Å². The highest BCUT2D eigenvalue weighted by molar-refractivity contribution is 6.01. The number of halogens is 6. The van der Waals surface area contributed by atoms with Crippen LogP contribution in [0.1, 0.15) is 28.7 Å². The maximum atomic E-state index is 13.4. The Morgan fingerprint density at radius 3 is 2.33 bits per heavy atom. The summed E-state index contributed by atoms with van der Waals surface area (Å²) in [4.78, 5) is 22.6. The molecule has 0 bridgehead atoms. The Bertz CT molecular complexity index is 1250. The molecular weight excluding hydrogens is 538 g/mol. The number of amides is 1. The van der Waals surface area contributed by atoms with E-state index in [-0.39, 0.29) is 49.3 Å². The lowest BCUT2D eigenvalue weighted by atomic mass is 10.0. The van der Waals surface area contributed by atoms with Gasteiger partial charge in [-0.05, 0) is 35.9 Å². The maximum absolute atomic E-state index is 13.4. The Hall–Kier alpha value is -4.25. The lowest BCUT2D eigenvalue weighted by molar-refractivity contribution is -0.144. The molecule has 0 radical (unpaired) electrons. The number of hydrogen-bond donors (Lipinski definition) is 2. The Kier molecular flexibility index (Phi) is 10.7. The average molecular weight is 560 g/mol. The molecule has 0 aliphatic heterocycles. The zero-order valence-electron chi connectivity index (χ0n) is 20.3. The molecule has 0 saturated heterocycles. The number of carbonyl (C=O) groups is 2. The smallest absolute Gasteiger partial charge is 0.416 e. The number of aliphatic carboxylic acids is 1. The van der Waals surface area contributed by atoms with Gasteiger partial charge in [-0.2, -0.15) is 31.6 Å². The zero-order chi connectivity index (χ0) is 29.2. The molecule has 210 valence electrons. The molecule has 0 fully saturated rings. The number of nitrogens with zero attached hydrogens (tertiary/aromatic N) is 1. The van der Waals surface area contributed by atoms with E-state index >= 15 is 0 Å². The van der Waals surface area contributed by atoms with E-state index in [1.54, 1.807) is 6.07 Å². The number of carbonyl (C=O) groups excluding carboxylic acids is 1. The van der Waals surface area contributed by atoms with Crippen LogP contribution in [0.15, 0.2) is 42.0 Å². The maximum Gasteiger partial charge on any atom is 0.416 e. The van der Waals surface area contributed by atoms with Crippen LogP contribution in [0.3, 0.4) is 0 Å². The number of methoxy groups -OCH3 is 1. The molecule has 8 nitrogen and oxygen atoms in total. The highest BCUT2D eigenvalue weighted by Crippen LogP contribution is 2.38. The molecule has 0 atom stereocenters. The lowest BCUT2D eigenvalue weighted by Crippen LogP contribution is -2.28. The third kappa shape index (κ3) is 9.53. The second-order valence-corrected chi connectivity index (χ2v) is 7.75. The summed E-state index contributed by atoms with van der Waals surface area (Å²) >= 11 is 0. The summed E-state index contributed by atoms with van der Waals surface area (Å²) in [6.07, 6.45) is -9.00. The number of hydrogen-bond acceptors (Lipinski definition) is 6. The Balaban J connectivity index is 2.13. The minimum atomic E-state index is -5.06. The van der Waals surface area contributed by atoms with Crippen molar-refractivity contribution in [3.05, 3.63) is 64.2 Å². The summed E-state index contributed by atoms with van der Waals surface area (Å²) in [6, 6.07) is 6.97. The van der Waals surface area contributed by atoms with E-state index in [9.17, 15) is 41.2 Å². The second-order valence-electron chi connectivity index (χ2n) is 7.75. The zero-order valence-corrected chi connectivity index (χ0v) is 20.3. The van der Waals surface area contributed by atoms with Crippen molar-refractivity contribution in [2.24, 2.45) is 0 Å². The predicted molar refractivity (Wildman–Crippen MR) is 123 cm³/mol. The molecule has 0 heterocycles. The van der Waals surface area contributed by atoms with E-state index in [1.165, 1.54) is 31.4 Å². The van der Waals surface area contributed by atoms with Crippen molar-refractivity contribution in [1.82, 2.24) is 5.32 Å². The van der Waals surface area contributed by atoms with Crippen LogP contribution < -0.4 is 14.8 Å². The van der Waals surface area contributed by atoms with Crippen molar-refractivity contribution in [3.63, 3.8) is 0 Å². The summed E-state index contributed by atoms with van der Waals surface area (Å²) in [6.45, 7) is -0.736.